The molecule has 0 aliphatic heterocycles. The van der Waals surface area contributed by atoms with Gasteiger partial charge in [0.25, 0.3) is 0 Å². The minimum atomic E-state index is -1.13. The highest BCUT2D eigenvalue weighted by molar-refractivity contribution is 5.90. The molecule has 0 bridgehead atoms. The van der Waals surface area contributed by atoms with Gasteiger partial charge in [0.15, 0.2) is 0 Å². The molecule has 2 amide bonds. The summed E-state index contributed by atoms with van der Waals surface area (Å²) in [5.74, 6) is -2.11. The van der Waals surface area contributed by atoms with Gasteiger partial charge in [0.2, 0.25) is 5.91 Å². The maximum absolute atomic E-state index is 13.1. The number of nitrogens with one attached hydrogen (secondary N) is 2. The van der Waals surface area contributed by atoms with Crippen molar-refractivity contribution in [1.29, 1.82) is 0 Å². The summed E-state index contributed by atoms with van der Waals surface area (Å²) >= 11 is 0. The van der Waals surface area contributed by atoms with Crippen molar-refractivity contribution in [1.82, 2.24) is 10.6 Å². The molecule has 9 nitrogen and oxygen atoms in total. The summed E-state index contributed by atoms with van der Waals surface area (Å²) in [7, 11) is 0. The number of hydrogen-bond acceptors (Lipinski definition) is 7. The zero-order valence-corrected chi connectivity index (χ0v) is 22.7. The predicted octanol–water partition coefficient (Wildman–Crippen LogP) is 4.29. The average molecular weight is 527 g/mol. The molecule has 0 spiro atoms. The first-order chi connectivity index (χ1) is 17.9. The molecule has 38 heavy (non-hydrogen) atoms. The molecule has 2 aromatic carbocycles. The summed E-state index contributed by atoms with van der Waals surface area (Å²) in [4.78, 5) is 50.7. The molecule has 9 heteroatoms. The molecule has 0 radical (unpaired) electrons. The van der Waals surface area contributed by atoms with Gasteiger partial charge in [0.1, 0.15) is 30.9 Å². The lowest BCUT2D eigenvalue weighted by Gasteiger charge is -2.26. The Bertz CT molecular complexity index is 1050. The van der Waals surface area contributed by atoms with Gasteiger partial charge in [-0.1, -0.05) is 74.5 Å². The van der Waals surface area contributed by atoms with Crippen LogP contribution >= 0.6 is 0 Å². The second-order valence-corrected chi connectivity index (χ2v) is 10.2. The van der Waals surface area contributed by atoms with E-state index in [-0.39, 0.29) is 32.0 Å². The number of rotatable bonds is 12. The Kier molecular flexibility index (Phi) is 11.8. The topological polar surface area (TPSA) is 120 Å². The molecule has 0 fully saturated rings. The van der Waals surface area contributed by atoms with Crippen LogP contribution < -0.4 is 10.6 Å². The van der Waals surface area contributed by atoms with Crippen LogP contribution in [-0.2, 0) is 41.8 Å². The van der Waals surface area contributed by atoms with Crippen LogP contribution in [-0.4, -0.2) is 41.6 Å². The smallest absolute Gasteiger partial charge is 0.408 e. The van der Waals surface area contributed by atoms with E-state index in [0.717, 1.165) is 11.1 Å². The largest absolute Gasteiger partial charge is 0.461 e. The average Bonchev–Trinajstić information content (AvgIpc) is 2.87. The van der Waals surface area contributed by atoms with E-state index >= 15 is 0 Å². The quantitative estimate of drug-likeness (QED) is 0.313. The normalized spacial score (nSPS) is 12.7. The molecule has 2 atom stereocenters. The van der Waals surface area contributed by atoms with Gasteiger partial charge in [-0.2, -0.15) is 0 Å². The number of alkyl carbamates (subject to hydrolysis) is 1. The maximum atomic E-state index is 13.1. The van der Waals surface area contributed by atoms with E-state index < -0.39 is 41.6 Å². The van der Waals surface area contributed by atoms with E-state index in [0.29, 0.717) is 0 Å². The number of carbonyl (C=O) groups excluding carboxylic acids is 4. The number of ether oxygens (including phenoxy) is 3. The molecular formula is C29H38N2O7. The van der Waals surface area contributed by atoms with Crippen LogP contribution in [0.25, 0.3) is 0 Å². The number of carbonyl (C=O) groups is 4. The summed E-state index contributed by atoms with van der Waals surface area (Å²) in [5.41, 5.74) is 0.868. The van der Waals surface area contributed by atoms with Crippen LogP contribution in [0.2, 0.25) is 0 Å². The minimum Gasteiger partial charge on any atom is -0.461 e. The Morgan fingerprint density at radius 3 is 1.82 bits per heavy atom. The van der Waals surface area contributed by atoms with Gasteiger partial charge in [0, 0.05) is 6.42 Å². The van der Waals surface area contributed by atoms with Crippen molar-refractivity contribution in [3.05, 3.63) is 71.8 Å². The van der Waals surface area contributed by atoms with Crippen molar-refractivity contribution in [3.63, 3.8) is 0 Å². The second-order valence-electron chi connectivity index (χ2n) is 10.2. The van der Waals surface area contributed by atoms with E-state index in [1.807, 2.05) is 48.5 Å². The highest BCUT2D eigenvalue weighted by Crippen LogP contribution is 2.12. The van der Waals surface area contributed by atoms with E-state index in [1.54, 1.807) is 46.8 Å². The first kappa shape index (κ1) is 30.3. The predicted molar refractivity (Wildman–Crippen MR) is 142 cm³/mol. The molecule has 0 saturated carbocycles. The monoisotopic (exact) mass is 526 g/mol. The van der Waals surface area contributed by atoms with Gasteiger partial charge in [-0.15, -0.1) is 0 Å². The molecule has 2 N–H and O–H groups in total. The molecule has 0 aliphatic carbocycles. The standard InChI is InChI=1S/C29H38N2O7/c1-20(2)25(31-28(35)38-29(3,4)5)26(33)30-23(27(34)37-19-22-14-10-7-11-15-22)16-17-24(32)36-18-21-12-8-6-9-13-21/h6-15,20,23,25H,16-19H2,1-5H3,(H,30,33)(H,31,35)/t23?,25-/m0/s1. The summed E-state index contributed by atoms with van der Waals surface area (Å²) in [6.45, 7) is 8.77. The van der Waals surface area contributed by atoms with Gasteiger partial charge >= 0.3 is 18.0 Å². The Balaban J connectivity index is 2.05. The molecule has 2 aromatic rings. The Labute approximate surface area is 224 Å². The Hall–Kier alpha value is -3.88. The van der Waals surface area contributed by atoms with E-state index in [1.165, 1.54) is 0 Å². The lowest BCUT2D eigenvalue weighted by atomic mass is 10.0. The zero-order chi connectivity index (χ0) is 28.1. The number of hydrogen-bond donors (Lipinski definition) is 2. The van der Waals surface area contributed by atoms with Crippen molar-refractivity contribution < 1.29 is 33.4 Å². The van der Waals surface area contributed by atoms with Crippen LogP contribution in [0.3, 0.4) is 0 Å². The van der Waals surface area contributed by atoms with Crippen molar-refractivity contribution in [2.45, 2.75) is 78.4 Å². The molecule has 0 saturated heterocycles. The summed E-state index contributed by atoms with van der Waals surface area (Å²) in [6, 6.07) is 16.2. The third kappa shape index (κ3) is 11.5. The summed E-state index contributed by atoms with van der Waals surface area (Å²) < 4.78 is 16.0. The fourth-order valence-corrected chi connectivity index (χ4v) is 3.38. The molecule has 0 aromatic heterocycles. The molecule has 206 valence electrons. The molecular weight excluding hydrogens is 488 g/mol. The highest BCUT2D eigenvalue weighted by Gasteiger charge is 2.31. The minimum absolute atomic E-state index is 0.00820. The molecule has 2 rings (SSSR count). The third-order valence-corrected chi connectivity index (χ3v) is 5.33. The van der Waals surface area contributed by atoms with Gasteiger partial charge < -0.3 is 24.8 Å². The first-order valence-corrected chi connectivity index (χ1v) is 12.6. The highest BCUT2D eigenvalue weighted by atomic mass is 16.6. The number of amides is 2. The van der Waals surface area contributed by atoms with Gasteiger partial charge in [-0.25, -0.2) is 9.59 Å². The van der Waals surface area contributed by atoms with E-state index in [4.69, 9.17) is 14.2 Å². The molecule has 0 heterocycles. The van der Waals surface area contributed by atoms with Crippen molar-refractivity contribution in [2.24, 2.45) is 5.92 Å². The van der Waals surface area contributed by atoms with Crippen LogP contribution in [0.15, 0.2) is 60.7 Å². The number of esters is 2. The molecule has 0 aliphatic rings. The van der Waals surface area contributed by atoms with Gasteiger partial charge in [0.05, 0.1) is 0 Å². The van der Waals surface area contributed by atoms with Gasteiger partial charge in [-0.05, 0) is 44.2 Å². The summed E-state index contributed by atoms with van der Waals surface area (Å²) in [5, 5.41) is 5.20. The fourth-order valence-electron chi connectivity index (χ4n) is 3.38. The van der Waals surface area contributed by atoms with Crippen LogP contribution in [0.4, 0.5) is 4.79 Å². The second kappa shape index (κ2) is 14.8. The maximum Gasteiger partial charge on any atom is 0.408 e. The Morgan fingerprint density at radius 2 is 1.32 bits per heavy atom. The summed E-state index contributed by atoms with van der Waals surface area (Å²) in [6.07, 6.45) is -0.909. The third-order valence-electron chi connectivity index (χ3n) is 5.33. The van der Waals surface area contributed by atoms with Crippen molar-refractivity contribution in [3.8, 4) is 0 Å². The lowest BCUT2D eigenvalue weighted by molar-refractivity contribution is -0.150. The van der Waals surface area contributed by atoms with Crippen molar-refractivity contribution in [2.75, 3.05) is 0 Å². The first-order valence-electron chi connectivity index (χ1n) is 12.6. The SMILES string of the molecule is CC(C)[C@H](NC(=O)OC(C)(C)C)C(=O)NC(CCC(=O)OCc1ccccc1)C(=O)OCc1ccccc1. The van der Waals surface area contributed by atoms with E-state index in [2.05, 4.69) is 10.6 Å². The lowest BCUT2D eigenvalue weighted by Crippen LogP contribution is -2.54. The fraction of sp³-hybridized carbons (Fsp3) is 0.448. The molecule has 1 unspecified atom stereocenters. The van der Waals surface area contributed by atoms with Crippen LogP contribution in [0.5, 0.6) is 0 Å². The van der Waals surface area contributed by atoms with Crippen molar-refractivity contribution >= 4 is 23.9 Å². The number of benzene rings is 2. The zero-order valence-electron chi connectivity index (χ0n) is 22.7. The van der Waals surface area contributed by atoms with Gasteiger partial charge in [-0.3, -0.25) is 9.59 Å². The van der Waals surface area contributed by atoms with Crippen LogP contribution in [0, 0.1) is 5.92 Å². The van der Waals surface area contributed by atoms with Crippen LogP contribution in [0.1, 0.15) is 58.6 Å². The van der Waals surface area contributed by atoms with E-state index in [9.17, 15) is 19.2 Å². The Morgan fingerprint density at radius 1 is 0.789 bits per heavy atom.